The zero-order valence-electron chi connectivity index (χ0n) is 18.0. The molecule has 0 radical (unpaired) electrons. The highest BCUT2D eigenvalue weighted by molar-refractivity contribution is 5.95. The highest BCUT2D eigenvalue weighted by atomic mass is 16.2. The van der Waals surface area contributed by atoms with Crippen LogP contribution in [0, 0.1) is 6.92 Å². The summed E-state index contributed by atoms with van der Waals surface area (Å²) < 4.78 is 0. The number of benzene rings is 2. The van der Waals surface area contributed by atoms with Gasteiger partial charge in [0.05, 0.1) is 0 Å². The molecule has 1 aliphatic rings. The van der Waals surface area contributed by atoms with Crippen LogP contribution in [0.4, 0.5) is 5.69 Å². The number of nitrogens with zero attached hydrogens (tertiary/aromatic N) is 2. The summed E-state index contributed by atoms with van der Waals surface area (Å²) in [5.74, 6) is 0.118. The number of rotatable bonds is 4. The minimum absolute atomic E-state index is 0.0232. The first-order chi connectivity index (χ1) is 15.0. The molecule has 0 saturated carbocycles. The van der Waals surface area contributed by atoms with Gasteiger partial charge in [-0.25, -0.2) is 0 Å². The Morgan fingerprint density at radius 3 is 2.45 bits per heavy atom. The Labute approximate surface area is 183 Å². The van der Waals surface area contributed by atoms with Gasteiger partial charge in [-0.15, -0.1) is 0 Å². The van der Waals surface area contributed by atoms with Gasteiger partial charge in [-0.1, -0.05) is 30.3 Å². The fraction of sp³-hybridized carbons (Fsp3) is 0.269. The van der Waals surface area contributed by atoms with E-state index < -0.39 is 0 Å². The molecule has 3 aromatic rings. The summed E-state index contributed by atoms with van der Waals surface area (Å²) in [4.78, 5) is 31.0. The van der Waals surface area contributed by atoms with E-state index in [9.17, 15) is 9.59 Å². The summed E-state index contributed by atoms with van der Waals surface area (Å²) in [5, 5.41) is 2.73. The lowest BCUT2D eigenvalue weighted by atomic mass is 9.92. The van der Waals surface area contributed by atoms with Crippen LogP contribution < -0.4 is 5.32 Å². The maximum absolute atomic E-state index is 13.1. The van der Waals surface area contributed by atoms with Crippen molar-refractivity contribution in [1.29, 1.82) is 0 Å². The lowest BCUT2D eigenvalue weighted by molar-refractivity contribution is -0.114. The Morgan fingerprint density at radius 1 is 1.00 bits per heavy atom. The third-order valence-corrected chi connectivity index (χ3v) is 5.66. The van der Waals surface area contributed by atoms with Crippen molar-refractivity contribution in [2.45, 2.75) is 32.6 Å². The van der Waals surface area contributed by atoms with Crippen molar-refractivity contribution in [2.75, 3.05) is 18.4 Å². The summed E-state index contributed by atoms with van der Waals surface area (Å²) in [6.07, 6.45) is 1.98. The molecular weight excluding hydrogens is 386 g/mol. The van der Waals surface area contributed by atoms with Crippen LogP contribution in [0.5, 0.6) is 0 Å². The van der Waals surface area contributed by atoms with E-state index in [1.54, 1.807) is 24.3 Å². The van der Waals surface area contributed by atoms with E-state index in [1.165, 1.54) is 18.1 Å². The van der Waals surface area contributed by atoms with Crippen LogP contribution >= 0.6 is 0 Å². The van der Waals surface area contributed by atoms with Gasteiger partial charge in [0.15, 0.2) is 0 Å². The standard InChI is InChI=1S/C26H27N3O2/c1-18-15-23(20-7-4-3-5-8-20)16-25(27-18)22-9-6-14-29(17-22)26(31)21-10-12-24(13-11-21)28-19(2)30/h3-5,7-8,10-13,15-16,22H,6,9,14,17H2,1-2H3,(H,28,30). The van der Waals surface area contributed by atoms with Gasteiger partial charge in [0.1, 0.15) is 0 Å². The summed E-state index contributed by atoms with van der Waals surface area (Å²) in [7, 11) is 0. The lowest BCUT2D eigenvalue weighted by Crippen LogP contribution is -2.39. The third kappa shape index (κ3) is 5.00. The molecule has 1 aromatic heterocycles. The van der Waals surface area contributed by atoms with Crippen molar-refractivity contribution in [3.8, 4) is 11.1 Å². The molecule has 1 saturated heterocycles. The SMILES string of the molecule is CC(=O)Nc1ccc(C(=O)N2CCCC(c3cc(-c4ccccc4)cc(C)n3)C2)cc1. The van der Waals surface area contributed by atoms with E-state index in [4.69, 9.17) is 4.98 Å². The van der Waals surface area contributed by atoms with E-state index in [0.717, 1.165) is 30.8 Å². The van der Waals surface area contributed by atoms with Crippen LogP contribution in [0.25, 0.3) is 11.1 Å². The average molecular weight is 414 g/mol. The molecule has 5 heteroatoms. The van der Waals surface area contributed by atoms with Crippen LogP contribution in [0.15, 0.2) is 66.7 Å². The van der Waals surface area contributed by atoms with E-state index in [1.807, 2.05) is 30.0 Å². The van der Waals surface area contributed by atoms with E-state index in [-0.39, 0.29) is 17.7 Å². The van der Waals surface area contributed by atoms with Crippen LogP contribution in [-0.2, 0) is 4.79 Å². The first kappa shape index (κ1) is 20.8. The summed E-state index contributed by atoms with van der Waals surface area (Å²) in [6, 6.07) is 21.7. The molecule has 0 spiro atoms. The second kappa shape index (κ2) is 9.13. The second-order valence-electron chi connectivity index (χ2n) is 8.14. The van der Waals surface area contributed by atoms with Crippen molar-refractivity contribution < 1.29 is 9.59 Å². The van der Waals surface area contributed by atoms with Gasteiger partial charge in [-0.3, -0.25) is 14.6 Å². The Kier molecular flexibility index (Phi) is 6.12. The van der Waals surface area contributed by atoms with Crippen LogP contribution in [0.1, 0.15) is 47.4 Å². The normalized spacial score (nSPS) is 16.1. The Balaban J connectivity index is 1.51. The number of piperidine rings is 1. The molecule has 31 heavy (non-hydrogen) atoms. The molecule has 5 nitrogen and oxygen atoms in total. The Bertz CT molecular complexity index is 1080. The number of hydrogen-bond acceptors (Lipinski definition) is 3. The van der Waals surface area contributed by atoms with Crippen molar-refractivity contribution in [2.24, 2.45) is 0 Å². The summed E-state index contributed by atoms with van der Waals surface area (Å²) >= 11 is 0. The molecule has 1 N–H and O–H groups in total. The fourth-order valence-electron chi connectivity index (χ4n) is 4.19. The van der Waals surface area contributed by atoms with Crippen LogP contribution in [0.2, 0.25) is 0 Å². The molecule has 2 aromatic carbocycles. The molecule has 1 atom stereocenters. The number of nitrogens with one attached hydrogen (secondary N) is 1. The molecule has 0 bridgehead atoms. The minimum Gasteiger partial charge on any atom is -0.338 e. The number of amides is 2. The number of pyridine rings is 1. The molecule has 2 heterocycles. The van der Waals surface area contributed by atoms with Crippen LogP contribution in [0.3, 0.4) is 0 Å². The van der Waals surface area contributed by atoms with Crippen molar-refractivity contribution >= 4 is 17.5 Å². The van der Waals surface area contributed by atoms with E-state index >= 15 is 0 Å². The number of carbonyl (C=O) groups excluding carboxylic acids is 2. The van der Waals surface area contributed by atoms with Gasteiger partial charge in [-0.2, -0.15) is 0 Å². The monoisotopic (exact) mass is 413 g/mol. The van der Waals surface area contributed by atoms with E-state index in [0.29, 0.717) is 17.8 Å². The fourth-order valence-corrected chi connectivity index (χ4v) is 4.19. The van der Waals surface area contributed by atoms with Crippen molar-refractivity contribution in [1.82, 2.24) is 9.88 Å². The molecular formula is C26H27N3O2. The van der Waals surface area contributed by atoms with Gasteiger partial charge < -0.3 is 10.2 Å². The largest absolute Gasteiger partial charge is 0.338 e. The van der Waals surface area contributed by atoms with Gasteiger partial charge in [0.2, 0.25) is 5.91 Å². The zero-order chi connectivity index (χ0) is 21.8. The molecule has 1 unspecified atom stereocenters. The highest BCUT2D eigenvalue weighted by Gasteiger charge is 2.26. The maximum atomic E-state index is 13.1. The number of likely N-dealkylation sites (tertiary alicyclic amines) is 1. The van der Waals surface area contributed by atoms with Gasteiger partial charge in [0, 0.05) is 48.6 Å². The molecule has 1 aliphatic heterocycles. The predicted octanol–water partition coefficient (Wildman–Crippen LogP) is 5.04. The molecule has 158 valence electrons. The first-order valence-corrected chi connectivity index (χ1v) is 10.7. The Hall–Kier alpha value is -3.47. The van der Waals surface area contributed by atoms with Gasteiger partial charge in [0.25, 0.3) is 5.91 Å². The minimum atomic E-state index is -0.126. The number of carbonyl (C=O) groups is 2. The highest BCUT2D eigenvalue weighted by Crippen LogP contribution is 2.30. The van der Waals surface area contributed by atoms with Gasteiger partial charge in [-0.05, 0) is 67.3 Å². The zero-order valence-corrected chi connectivity index (χ0v) is 18.0. The van der Waals surface area contributed by atoms with Crippen molar-refractivity contribution in [3.63, 3.8) is 0 Å². The van der Waals surface area contributed by atoms with Crippen LogP contribution in [-0.4, -0.2) is 34.8 Å². The molecule has 0 aliphatic carbocycles. The second-order valence-corrected chi connectivity index (χ2v) is 8.14. The molecule has 2 amide bonds. The van der Waals surface area contributed by atoms with Crippen molar-refractivity contribution in [3.05, 3.63) is 83.7 Å². The number of hydrogen-bond donors (Lipinski definition) is 1. The first-order valence-electron chi connectivity index (χ1n) is 10.7. The summed E-state index contributed by atoms with van der Waals surface area (Å²) in [5.41, 5.74) is 5.72. The quantitative estimate of drug-likeness (QED) is 0.652. The summed E-state index contributed by atoms with van der Waals surface area (Å²) in [6.45, 7) is 4.91. The predicted molar refractivity (Wildman–Crippen MR) is 123 cm³/mol. The number of anilines is 1. The molecule has 1 fully saturated rings. The average Bonchev–Trinajstić information content (AvgIpc) is 2.79. The Morgan fingerprint density at radius 2 is 1.74 bits per heavy atom. The van der Waals surface area contributed by atoms with E-state index in [2.05, 4.69) is 29.6 Å². The number of aromatic nitrogens is 1. The third-order valence-electron chi connectivity index (χ3n) is 5.66. The number of aryl methyl sites for hydroxylation is 1. The smallest absolute Gasteiger partial charge is 0.253 e. The topological polar surface area (TPSA) is 62.3 Å². The lowest BCUT2D eigenvalue weighted by Gasteiger charge is -2.33. The maximum Gasteiger partial charge on any atom is 0.253 e. The molecule has 4 rings (SSSR count). The van der Waals surface area contributed by atoms with Gasteiger partial charge >= 0.3 is 0 Å².